The zero-order valence-electron chi connectivity index (χ0n) is 20.1. The number of aromatic amines is 1. The molecule has 2 atom stereocenters. The summed E-state index contributed by atoms with van der Waals surface area (Å²) in [6.07, 6.45) is 6.05. The van der Waals surface area contributed by atoms with Crippen molar-refractivity contribution in [3.63, 3.8) is 0 Å². The number of rotatable bonds is 9. The second-order valence-electron chi connectivity index (χ2n) is 10.2. The minimum absolute atomic E-state index is 0.0449. The molecule has 0 bridgehead atoms. The number of esters is 1. The summed E-state index contributed by atoms with van der Waals surface area (Å²) in [5.74, 6) is 0.889. The van der Waals surface area contributed by atoms with E-state index in [1.165, 1.54) is 6.07 Å². The Balaban J connectivity index is 1.21. The molecule has 2 aromatic carbocycles. The quantitative estimate of drug-likeness (QED) is 0.432. The molecule has 0 aliphatic heterocycles. The number of ether oxygens (including phenoxy) is 1. The van der Waals surface area contributed by atoms with Crippen molar-refractivity contribution < 1.29 is 13.9 Å². The van der Waals surface area contributed by atoms with E-state index in [1.54, 1.807) is 6.07 Å². The van der Waals surface area contributed by atoms with Crippen LogP contribution in [0.2, 0.25) is 0 Å². The second-order valence-corrected chi connectivity index (χ2v) is 10.2. The molecule has 1 heterocycles. The number of nitrogens with one attached hydrogen (secondary N) is 1. The topological polar surface area (TPSA) is 58.2 Å². The van der Waals surface area contributed by atoms with Gasteiger partial charge < -0.3 is 14.6 Å². The Hall–Kier alpha value is -2.73. The van der Waals surface area contributed by atoms with Crippen LogP contribution in [0.15, 0.2) is 42.5 Å². The summed E-state index contributed by atoms with van der Waals surface area (Å²) in [4.78, 5) is 23.1. The maximum absolute atomic E-state index is 13.8. The number of H-pyrrole nitrogens is 1. The lowest BCUT2D eigenvalue weighted by molar-refractivity contribution is -0.167. The zero-order chi connectivity index (χ0) is 23.7. The lowest BCUT2D eigenvalue weighted by atomic mass is 9.71. The molecular formula is C28H34FN3O2. The first-order valence-corrected chi connectivity index (χ1v) is 12.6. The zero-order valence-corrected chi connectivity index (χ0v) is 20.1. The van der Waals surface area contributed by atoms with Crippen molar-refractivity contribution in [2.45, 2.75) is 63.4 Å². The molecular weight excluding hydrogens is 429 g/mol. The number of aromatic nitrogens is 2. The molecule has 180 valence electrons. The van der Waals surface area contributed by atoms with Gasteiger partial charge in [0.25, 0.3) is 0 Å². The fraction of sp³-hybridized carbons (Fsp3) is 0.500. The monoisotopic (exact) mass is 463 g/mol. The lowest BCUT2D eigenvalue weighted by Gasteiger charge is -2.44. The summed E-state index contributed by atoms with van der Waals surface area (Å²) in [6.45, 7) is 3.93. The molecule has 0 saturated heterocycles. The average molecular weight is 464 g/mol. The van der Waals surface area contributed by atoms with Crippen LogP contribution in [0.4, 0.5) is 4.39 Å². The summed E-state index contributed by atoms with van der Waals surface area (Å²) in [5.41, 5.74) is 3.72. The number of halogens is 1. The number of imidazole rings is 1. The number of para-hydroxylation sites is 2. The minimum Gasteiger partial charge on any atom is -0.458 e. The van der Waals surface area contributed by atoms with Crippen LogP contribution in [-0.2, 0) is 22.4 Å². The van der Waals surface area contributed by atoms with Gasteiger partial charge in [0.15, 0.2) is 0 Å². The Labute approximate surface area is 200 Å². The summed E-state index contributed by atoms with van der Waals surface area (Å²) in [6, 6.07) is 13.2. The van der Waals surface area contributed by atoms with Gasteiger partial charge in [0.2, 0.25) is 0 Å². The van der Waals surface area contributed by atoms with Crippen LogP contribution in [0.3, 0.4) is 0 Å². The molecule has 5 rings (SSSR count). The molecule has 0 spiro atoms. The van der Waals surface area contributed by atoms with Gasteiger partial charge in [-0.3, -0.25) is 4.79 Å². The molecule has 2 aliphatic carbocycles. The number of carbonyl (C=O) groups excluding carboxylic acids is 1. The average Bonchev–Trinajstić information content (AvgIpc) is 3.60. The minimum atomic E-state index is -0.530. The molecule has 1 saturated carbocycles. The molecule has 0 radical (unpaired) electrons. The third kappa shape index (κ3) is 4.88. The molecule has 1 N–H and O–H groups in total. The van der Waals surface area contributed by atoms with Crippen molar-refractivity contribution >= 4 is 17.0 Å². The van der Waals surface area contributed by atoms with Crippen LogP contribution < -0.4 is 0 Å². The summed E-state index contributed by atoms with van der Waals surface area (Å²) < 4.78 is 20.1. The number of hydrogen-bond donors (Lipinski definition) is 1. The molecule has 1 aromatic heterocycles. The third-order valence-corrected chi connectivity index (χ3v) is 7.70. The smallest absolute Gasteiger partial charge is 0.309 e. The summed E-state index contributed by atoms with van der Waals surface area (Å²) in [7, 11) is 2.13. The highest BCUT2D eigenvalue weighted by Crippen LogP contribution is 2.45. The fourth-order valence-electron chi connectivity index (χ4n) is 5.33. The largest absolute Gasteiger partial charge is 0.458 e. The van der Waals surface area contributed by atoms with E-state index < -0.39 is 5.60 Å². The summed E-state index contributed by atoms with van der Waals surface area (Å²) >= 11 is 0. The van der Waals surface area contributed by atoms with Gasteiger partial charge in [0, 0.05) is 25.3 Å². The van der Waals surface area contributed by atoms with E-state index in [-0.39, 0.29) is 23.6 Å². The van der Waals surface area contributed by atoms with E-state index in [9.17, 15) is 9.18 Å². The van der Waals surface area contributed by atoms with Crippen molar-refractivity contribution in [1.29, 1.82) is 0 Å². The first-order chi connectivity index (χ1) is 16.4. The summed E-state index contributed by atoms with van der Waals surface area (Å²) in [5, 5.41) is 0. The van der Waals surface area contributed by atoms with E-state index in [2.05, 4.69) is 34.9 Å². The Morgan fingerprint density at radius 1 is 1.24 bits per heavy atom. The van der Waals surface area contributed by atoms with Crippen molar-refractivity contribution in [3.8, 4) is 0 Å². The Morgan fingerprint density at radius 3 is 2.85 bits per heavy atom. The Kier molecular flexibility index (Phi) is 6.43. The Bertz CT molecular complexity index is 1140. The van der Waals surface area contributed by atoms with Crippen molar-refractivity contribution in [1.82, 2.24) is 14.9 Å². The van der Waals surface area contributed by atoms with E-state index in [1.807, 2.05) is 24.3 Å². The SMILES string of the molecule is C[C@H]1c2ccc(F)cc2CC[C@@]1(CCN(C)CCCc1nc2ccccc2[nH]1)OC(=O)C1CC1. The Morgan fingerprint density at radius 2 is 2.06 bits per heavy atom. The second kappa shape index (κ2) is 9.49. The normalized spacial score (nSPS) is 22.2. The van der Waals surface area contributed by atoms with Gasteiger partial charge in [-0.05, 0) is 81.1 Å². The first kappa shape index (κ1) is 23.0. The highest BCUT2D eigenvalue weighted by Gasteiger charge is 2.46. The lowest BCUT2D eigenvalue weighted by Crippen LogP contribution is -2.46. The molecule has 6 heteroatoms. The van der Waals surface area contributed by atoms with Crippen LogP contribution in [0.25, 0.3) is 11.0 Å². The van der Waals surface area contributed by atoms with Crippen LogP contribution in [0.5, 0.6) is 0 Å². The number of carbonyl (C=O) groups is 1. The highest BCUT2D eigenvalue weighted by atomic mass is 19.1. The van der Waals surface area contributed by atoms with Crippen molar-refractivity contribution in [3.05, 3.63) is 65.2 Å². The fourth-order valence-corrected chi connectivity index (χ4v) is 5.33. The van der Waals surface area contributed by atoms with Gasteiger partial charge >= 0.3 is 5.97 Å². The molecule has 34 heavy (non-hydrogen) atoms. The van der Waals surface area contributed by atoms with Crippen LogP contribution in [0.1, 0.15) is 61.9 Å². The number of fused-ring (bicyclic) bond motifs is 2. The van der Waals surface area contributed by atoms with E-state index in [4.69, 9.17) is 4.74 Å². The van der Waals surface area contributed by atoms with E-state index >= 15 is 0 Å². The number of nitrogens with zero attached hydrogens (tertiary/aromatic N) is 2. The van der Waals surface area contributed by atoms with Crippen LogP contribution in [-0.4, -0.2) is 46.6 Å². The van der Waals surface area contributed by atoms with Gasteiger partial charge in [-0.2, -0.15) is 0 Å². The molecule has 0 unspecified atom stereocenters. The van der Waals surface area contributed by atoms with Gasteiger partial charge in [-0.1, -0.05) is 25.1 Å². The van der Waals surface area contributed by atoms with Crippen molar-refractivity contribution in [2.24, 2.45) is 5.92 Å². The molecule has 0 amide bonds. The highest BCUT2D eigenvalue weighted by molar-refractivity contribution is 5.75. The maximum atomic E-state index is 13.8. The molecule has 2 aliphatic rings. The van der Waals surface area contributed by atoms with Crippen LogP contribution in [0, 0.1) is 11.7 Å². The first-order valence-electron chi connectivity index (χ1n) is 12.6. The number of benzene rings is 2. The van der Waals surface area contributed by atoms with Crippen molar-refractivity contribution in [2.75, 3.05) is 20.1 Å². The van der Waals surface area contributed by atoms with E-state index in [0.29, 0.717) is 0 Å². The predicted octanol–water partition coefficient (Wildman–Crippen LogP) is 5.40. The van der Waals surface area contributed by atoms with Gasteiger partial charge in [-0.15, -0.1) is 0 Å². The molecule has 5 nitrogen and oxygen atoms in total. The third-order valence-electron chi connectivity index (χ3n) is 7.70. The van der Waals surface area contributed by atoms with Gasteiger partial charge in [0.05, 0.1) is 17.0 Å². The predicted molar refractivity (Wildman–Crippen MR) is 131 cm³/mol. The standard InChI is InChI=1S/C28H34FN3O2/c1-19-23-12-11-22(29)18-21(23)13-14-28(19,34-27(33)20-9-10-20)15-17-32(2)16-5-8-26-30-24-6-3-4-7-25(24)31-26/h3-4,6-7,11-12,18-20H,5,8-10,13-17H2,1-2H3,(H,30,31)/t19-,28-/m0/s1. The number of hydrogen-bond acceptors (Lipinski definition) is 4. The van der Waals surface area contributed by atoms with Gasteiger partial charge in [0.1, 0.15) is 17.2 Å². The van der Waals surface area contributed by atoms with Crippen LogP contribution >= 0.6 is 0 Å². The van der Waals surface area contributed by atoms with E-state index in [0.717, 1.165) is 86.0 Å². The number of aryl methyl sites for hydroxylation is 2. The molecule has 1 fully saturated rings. The maximum Gasteiger partial charge on any atom is 0.309 e. The molecule has 3 aromatic rings. The van der Waals surface area contributed by atoms with Gasteiger partial charge in [-0.25, -0.2) is 9.37 Å².